The Bertz CT molecular complexity index is 794. The zero-order chi connectivity index (χ0) is 14.1. The quantitative estimate of drug-likeness (QED) is 0.614. The Morgan fingerprint density at radius 2 is 1.95 bits per heavy atom. The number of Topliss-reactive ketones (excluding diaryl/α,β-unsaturated/α-hetero) is 1. The molecule has 0 fully saturated rings. The molecule has 0 aliphatic carbocycles. The monoisotopic (exact) mass is 304 g/mol. The van der Waals surface area contributed by atoms with Gasteiger partial charge in [-0.15, -0.1) is 11.3 Å². The van der Waals surface area contributed by atoms with Crippen molar-refractivity contribution in [3.05, 3.63) is 69.8 Å². The molecule has 3 aromatic rings. The van der Waals surface area contributed by atoms with Gasteiger partial charge in [-0.25, -0.2) is 4.39 Å². The molecule has 0 atom stereocenters. The zero-order valence-corrected chi connectivity index (χ0v) is 12.0. The van der Waals surface area contributed by atoms with Crippen molar-refractivity contribution >= 4 is 38.8 Å². The topological polar surface area (TPSA) is 17.1 Å². The number of halogens is 2. The van der Waals surface area contributed by atoms with Crippen molar-refractivity contribution in [3.63, 3.8) is 0 Å². The number of carbonyl (C=O) groups is 1. The first-order valence-corrected chi connectivity index (χ1v) is 7.35. The first-order valence-electron chi connectivity index (χ1n) is 6.09. The molecule has 100 valence electrons. The molecular formula is C16H10ClFOS. The van der Waals surface area contributed by atoms with Gasteiger partial charge in [0.05, 0.1) is 10.6 Å². The number of hydrogen-bond acceptors (Lipinski definition) is 2. The minimum atomic E-state index is -0.640. The van der Waals surface area contributed by atoms with Crippen LogP contribution < -0.4 is 0 Å². The Morgan fingerprint density at radius 1 is 1.15 bits per heavy atom. The molecule has 0 saturated carbocycles. The van der Waals surface area contributed by atoms with E-state index in [1.54, 1.807) is 17.4 Å². The number of ketones is 1. The summed E-state index contributed by atoms with van der Waals surface area (Å²) in [6.07, 6.45) is 0.182. The molecule has 0 aliphatic rings. The van der Waals surface area contributed by atoms with Gasteiger partial charge in [-0.3, -0.25) is 4.79 Å². The van der Waals surface area contributed by atoms with Crippen LogP contribution in [-0.2, 0) is 6.42 Å². The van der Waals surface area contributed by atoms with E-state index in [1.807, 2.05) is 29.6 Å². The van der Waals surface area contributed by atoms with E-state index in [-0.39, 0.29) is 22.8 Å². The highest BCUT2D eigenvalue weighted by molar-refractivity contribution is 7.17. The van der Waals surface area contributed by atoms with Gasteiger partial charge in [0, 0.05) is 11.1 Å². The molecule has 0 radical (unpaired) electrons. The van der Waals surface area contributed by atoms with Gasteiger partial charge in [-0.2, -0.15) is 0 Å². The summed E-state index contributed by atoms with van der Waals surface area (Å²) in [6.45, 7) is 0. The number of fused-ring (bicyclic) bond motifs is 1. The van der Waals surface area contributed by atoms with Gasteiger partial charge >= 0.3 is 0 Å². The lowest BCUT2D eigenvalue weighted by molar-refractivity contribution is 0.0989. The lowest BCUT2D eigenvalue weighted by Gasteiger charge is -2.03. The molecule has 0 N–H and O–H groups in total. The van der Waals surface area contributed by atoms with Gasteiger partial charge in [-0.05, 0) is 34.5 Å². The molecule has 3 rings (SSSR count). The van der Waals surface area contributed by atoms with Crippen LogP contribution >= 0.6 is 22.9 Å². The number of benzene rings is 2. The van der Waals surface area contributed by atoms with E-state index in [9.17, 15) is 9.18 Å². The molecule has 0 unspecified atom stereocenters. The third-order valence-electron chi connectivity index (χ3n) is 3.16. The van der Waals surface area contributed by atoms with E-state index < -0.39 is 5.82 Å². The van der Waals surface area contributed by atoms with E-state index in [2.05, 4.69) is 0 Å². The Labute approximate surface area is 124 Å². The molecule has 1 aromatic heterocycles. The summed E-state index contributed by atoms with van der Waals surface area (Å²) in [4.78, 5) is 12.2. The first-order chi connectivity index (χ1) is 9.66. The van der Waals surface area contributed by atoms with Crippen LogP contribution in [-0.4, -0.2) is 5.78 Å². The Hall–Kier alpha value is -1.71. The molecule has 2 aromatic carbocycles. The standard InChI is InChI=1S/C16H10ClFOS/c17-13-6-3-5-12(16(13)18)14(19)8-10-9-20-15-7-2-1-4-11(10)15/h1-7,9H,8H2. The Kier molecular flexibility index (Phi) is 3.55. The van der Waals surface area contributed by atoms with Crippen LogP contribution in [0.25, 0.3) is 10.1 Å². The summed E-state index contributed by atoms with van der Waals surface area (Å²) >= 11 is 7.30. The molecule has 1 heterocycles. The zero-order valence-electron chi connectivity index (χ0n) is 10.4. The molecule has 4 heteroatoms. The maximum Gasteiger partial charge on any atom is 0.170 e. The van der Waals surface area contributed by atoms with Crippen LogP contribution in [0.1, 0.15) is 15.9 Å². The fraction of sp³-hybridized carbons (Fsp3) is 0.0625. The number of thiophene rings is 1. The van der Waals surface area contributed by atoms with Crippen LogP contribution in [0, 0.1) is 5.82 Å². The van der Waals surface area contributed by atoms with Crippen LogP contribution in [0.4, 0.5) is 4.39 Å². The fourth-order valence-electron chi connectivity index (χ4n) is 2.16. The molecule has 20 heavy (non-hydrogen) atoms. The molecule has 1 nitrogen and oxygen atoms in total. The summed E-state index contributed by atoms with van der Waals surface area (Å²) in [7, 11) is 0. The smallest absolute Gasteiger partial charge is 0.170 e. The predicted molar refractivity (Wildman–Crippen MR) is 81.3 cm³/mol. The minimum absolute atomic E-state index is 0.0222. The molecule has 0 aliphatic heterocycles. The maximum absolute atomic E-state index is 13.8. The third-order valence-corrected chi connectivity index (χ3v) is 4.47. The summed E-state index contributed by atoms with van der Waals surface area (Å²) in [5.74, 6) is -0.896. The highest BCUT2D eigenvalue weighted by atomic mass is 35.5. The van der Waals surface area contributed by atoms with Crippen molar-refractivity contribution in [1.29, 1.82) is 0 Å². The van der Waals surface area contributed by atoms with E-state index in [4.69, 9.17) is 11.6 Å². The summed E-state index contributed by atoms with van der Waals surface area (Å²) in [5, 5.41) is 2.98. The average molecular weight is 305 g/mol. The Morgan fingerprint density at radius 3 is 2.80 bits per heavy atom. The van der Waals surface area contributed by atoms with Crippen LogP contribution in [0.5, 0.6) is 0 Å². The van der Waals surface area contributed by atoms with E-state index >= 15 is 0 Å². The SMILES string of the molecule is O=C(Cc1csc2ccccc12)c1cccc(Cl)c1F. The number of hydrogen-bond donors (Lipinski definition) is 0. The van der Waals surface area contributed by atoms with Gasteiger partial charge in [0.25, 0.3) is 0 Å². The highest BCUT2D eigenvalue weighted by Gasteiger charge is 2.16. The maximum atomic E-state index is 13.8. The summed E-state index contributed by atoms with van der Waals surface area (Å²) in [6, 6.07) is 12.4. The first kappa shape index (κ1) is 13.3. The van der Waals surface area contributed by atoms with E-state index in [0.717, 1.165) is 15.6 Å². The van der Waals surface area contributed by atoms with Gasteiger partial charge in [0.15, 0.2) is 11.6 Å². The highest BCUT2D eigenvalue weighted by Crippen LogP contribution is 2.27. The van der Waals surface area contributed by atoms with E-state index in [0.29, 0.717) is 0 Å². The normalized spacial score (nSPS) is 10.9. The number of rotatable bonds is 3. The summed E-state index contributed by atoms with van der Waals surface area (Å²) in [5.41, 5.74) is 0.975. The second-order valence-electron chi connectivity index (χ2n) is 4.46. The second-order valence-corrected chi connectivity index (χ2v) is 5.78. The largest absolute Gasteiger partial charge is 0.294 e. The molecule has 0 amide bonds. The average Bonchev–Trinajstić information content (AvgIpc) is 2.85. The van der Waals surface area contributed by atoms with Gasteiger partial charge in [0.2, 0.25) is 0 Å². The number of carbonyl (C=O) groups excluding carboxylic acids is 1. The lowest BCUT2D eigenvalue weighted by atomic mass is 10.0. The van der Waals surface area contributed by atoms with Crippen LogP contribution in [0.2, 0.25) is 5.02 Å². The molecule has 0 saturated heterocycles. The van der Waals surface area contributed by atoms with Gasteiger partial charge < -0.3 is 0 Å². The molecule has 0 spiro atoms. The van der Waals surface area contributed by atoms with Crippen LogP contribution in [0.15, 0.2) is 47.8 Å². The van der Waals surface area contributed by atoms with Crippen molar-refractivity contribution in [2.24, 2.45) is 0 Å². The van der Waals surface area contributed by atoms with Crippen molar-refractivity contribution in [2.75, 3.05) is 0 Å². The second kappa shape index (κ2) is 5.35. The van der Waals surface area contributed by atoms with Gasteiger partial charge in [0.1, 0.15) is 0 Å². The van der Waals surface area contributed by atoms with Crippen molar-refractivity contribution in [1.82, 2.24) is 0 Å². The van der Waals surface area contributed by atoms with Crippen molar-refractivity contribution in [2.45, 2.75) is 6.42 Å². The fourth-order valence-corrected chi connectivity index (χ4v) is 3.29. The van der Waals surface area contributed by atoms with Gasteiger partial charge in [-0.1, -0.05) is 35.9 Å². The predicted octanol–water partition coefficient (Wildman–Crippen LogP) is 5.12. The van der Waals surface area contributed by atoms with Crippen LogP contribution in [0.3, 0.4) is 0 Å². The lowest BCUT2D eigenvalue weighted by Crippen LogP contribution is -2.06. The third kappa shape index (κ3) is 2.35. The molecule has 0 bridgehead atoms. The Balaban J connectivity index is 1.95. The van der Waals surface area contributed by atoms with Crippen molar-refractivity contribution in [3.8, 4) is 0 Å². The van der Waals surface area contributed by atoms with E-state index in [1.165, 1.54) is 12.1 Å². The summed E-state index contributed by atoms with van der Waals surface area (Å²) < 4.78 is 15.0. The van der Waals surface area contributed by atoms with Crippen molar-refractivity contribution < 1.29 is 9.18 Å². The minimum Gasteiger partial charge on any atom is -0.294 e. The molecular weight excluding hydrogens is 295 g/mol.